The molecule has 118 valence electrons. The van der Waals surface area contributed by atoms with Crippen molar-refractivity contribution >= 4 is 17.8 Å². The van der Waals surface area contributed by atoms with Crippen LogP contribution in [0.25, 0.3) is 0 Å². The first-order chi connectivity index (χ1) is 10.5. The molecule has 1 heterocycles. The molecule has 1 aliphatic heterocycles. The Morgan fingerprint density at radius 1 is 1.23 bits per heavy atom. The minimum atomic E-state index is -1.07. The Kier molecular flexibility index (Phi) is 5.11. The number of esters is 1. The van der Waals surface area contributed by atoms with Crippen LogP contribution in [0.15, 0.2) is 30.3 Å². The van der Waals surface area contributed by atoms with Crippen LogP contribution in [0.3, 0.4) is 0 Å². The van der Waals surface area contributed by atoms with Crippen molar-refractivity contribution in [1.82, 2.24) is 5.06 Å². The smallest absolute Gasteiger partial charge is 0.335 e. The molecule has 7 heteroatoms. The highest BCUT2D eigenvalue weighted by Gasteiger charge is 2.56. The van der Waals surface area contributed by atoms with Crippen LogP contribution >= 0.6 is 0 Å². The number of hydroxylamine groups is 2. The van der Waals surface area contributed by atoms with Crippen LogP contribution in [-0.2, 0) is 35.3 Å². The van der Waals surface area contributed by atoms with Crippen molar-refractivity contribution in [2.75, 3.05) is 6.61 Å². The lowest BCUT2D eigenvalue weighted by atomic mass is 10.0. The molecule has 2 rings (SSSR count). The SMILES string of the molecule is CCOC(=O)[C@@H]1[C@@H](OCc2ccccc2)C(=O)N1OC(C)=O. The molecule has 7 nitrogen and oxygen atoms in total. The number of hydrogen-bond donors (Lipinski definition) is 0. The number of benzene rings is 1. The molecule has 1 fully saturated rings. The van der Waals surface area contributed by atoms with Crippen LogP contribution in [0, 0.1) is 0 Å². The molecule has 0 N–H and O–H groups in total. The van der Waals surface area contributed by atoms with Crippen molar-refractivity contribution in [2.24, 2.45) is 0 Å². The summed E-state index contributed by atoms with van der Waals surface area (Å²) in [4.78, 5) is 39.6. The summed E-state index contributed by atoms with van der Waals surface area (Å²) >= 11 is 0. The molecule has 0 unspecified atom stereocenters. The Hall–Kier alpha value is -2.41. The first kappa shape index (κ1) is 16.0. The fourth-order valence-corrected chi connectivity index (χ4v) is 2.05. The van der Waals surface area contributed by atoms with Crippen molar-refractivity contribution in [3.63, 3.8) is 0 Å². The van der Waals surface area contributed by atoms with E-state index in [1.807, 2.05) is 30.3 Å². The van der Waals surface area contributed by atoms with Crippen LogP contribution in [0.5, 0.6) is 0 Å². The van der Waals surface area contributed by atoms with Gasteiger partial charge in [-0.15, -0.1) is 0 Å². The number of ether oxygens (including phenoxy) is 2. The summed E-state index contributed by atoms with van der Waals surface area (Å²) in [5.74, 6) is -1.94. The predicted octanol–water partition coefficient (Wildman–Crippen LogP) is 0.824. The van der Waals surface area contributed by atoms with Crippen LogP contribution in [0.4, 0.5) is 0 Å². The Labute approximate surface area is 127 Å². The summed E-state index contributed by atoms with van der Waals surface area (Å²) in [5, 5.41) is 0.704. The number of hydrogen-bond acceptors (Lipinski definition) is 6. The zero-order chi connectivity index (χ0) is 16.1. The van der Waals surface area contributed by atoms with Crippen LogP contribution in [-0.4, -0.2) is 41.7 Å². The summed E-state index contributed by atoms with van der Waals surface area (Å²) in [6.45, 7) is 3.12. The van der Waals surface area contributed by atoms with E-state index in [0.29, 0.717) is 5.06 Å². The predicted molar refractivity (Wildman–Crippen MR) is 74.1 cm³/mol. The van der Waals surface area contributed by atoms with Gasteiger partial charge in [0.05, 0.1) is 13.2 Å². The van der Waals surface area contributed by atoms with E-state index in [4.69, 9.17) is 14.3 Å². The fourth-order valence-electron chi connectivity index (χ4n) is 2.05. The van der Waals surface area contributed by atoms with Gasteiger partial charge in [-0.1, -0.05) is 30.3 Å². The topological polar surface area (TPSA) is 82.1 Å². The molecule has 1 aliphatic rings. The van der Waals surface area contributed by atoms with E-state index in [1.165, 1.54) is 0 Å². The zero-order valence-corrected chi connectivity index (χ0v) is 12.4. The fraction of sp³-hybridized carbons (Fsp3) is 0.400. The van der Waals surface area contributed by atoms with Crippen molar-refractivity contribution in [3.05, 3.63) is 35.9 Å². The molecule has 0 radical (unpaired) electrons. The summed E-state index contributed by atoms with van der Waals surface area (Å²) in [6, 6.07) is 8.16. The zero-order valence-electron chi connectivity index (χ0n) is 12.4. The number of rotatable bonds is 6. The summed E-state index contributed by atoms with van der Waals surface area (Å²) in [6.07, 6.45) is -1.02. The molecule has 1 aromatic carbocycles. The Bertz CT molecular complexity index is 558. The highest BCUT2D eigenvalue weighted by molar-refractivity contribution is 5.99. The Morgan fingerprint density at radius 3 is 2.50 bits per heavy atom. The molecule has 0 spiro atoms. The number of carbonyl (C=O) groups excluding carboxylic acids is 3. The molecule has 0 saturated carbocycles. The molecule has 0 bridgehead atoms. The summed E-state index contributed by atoms with van der Waals surface area (Å²) < 4.78 is 10.4. The Morgan fingerprint density at radius 2 is 1.91 bits per heavy atom. The van der Waals surface area contributed by atoms with Gasteiger partial charge in [0.1, 0.15) is 0 Å². The van der Waals surface area contributed by atoms with Gasteiger partial charge in [0.25, 0.3) is 5.91 Å². The molecular weight excluding hydrogens is 290 g/mol. The standard InChI is InChI=1S/C15H17NO6/c1-3-20-15(19)12-13(14(18)16(12)22-10(2)17)21-9-11-7-5-4-6-8-11/h4-8,12-13H,3,9H2,1-2H3/t12-,13+/m0/s1. The van der Waals surface area contributed by atoms with E-state index in [9.17, 15) is 14.4 Å². The van der Waals surface area contributed by atoms with E-state index >= 15 is 0 Å². The second kappa shape index (κ2) is 7.04. The van der Waals surface area contributed by atoms with Gasteiger partial charge < -0.3 is 14.3 Å². The molecular formula is C15H17NO6. The minimum Gasteiger partial charge on any atom is -0.464 e. The third-order valence-electron chi connectivity index (χ3n) is 3.03. The van der Waals surface area contributed by atoms with Gasteiger partial charge in [0.15, 0.2) is 6.10 Å². The monoisotopic (exact) mass is 307 g/mol. The molecule has 1 saturated heterocycles. The number of amides is 1. The number of nitrogens with zero attached hydrogens (tertiary/aromatic N) is 1. The van der Waals surface area contributed by atoms with Gasteiger partial charge in [0.2, 0.25) is 6.04 Å². The first-order valence-electron chi connectivity index (χ1n) is 6.88. The van der Waals surface area contributed by atoms with Crippen molar-refractivity contribution in [2.45, 2.75) is 32.6 Å². The lowest BCUT2D eigenvalue weighted by Crippen LogP contribution is -2.69. The molecule has 22 heavy (non-hydrogen) atoms. The van der Waals surface area contributed by atoms with E-state index in [2.05, 4.69) is 0 Å². The molecule has 2 atom stereocenters. The normalized spacial score (nSPS) is 20.3. The van der Waals surface area contributed by atoms with E-state index in [0.717, 1.165) is 12.5 Å². The van der Waals surface area contributed by atoms with Crippen molar-refractivity contribution < 1.29 is 28.7 Å². The highest BCUT2D eigenvalue weighted by Crippen LogP contribution is 2.26. The van der Waals surface area contributed by atoms with Gasteiger partial charge in [-0.05, 0) is 12.5 Å². The second-order valence-electron chi connectivity index (χ2n) is 4.66. The third kappa shape index (κ3) is 3.43. The quantitative estimate of drug-likeness (QED) is 0.572. The Balaban J connectivity index is 2.03. The van der Waals surface area contributed by atoms with Crippen LogP contribution in [0.1, 0.15) is 19.4 Å². The number of carbonyl (C=O) groups is 3. The summed E-state index contributed by atoms with van der Waals surface area (Å²) in [5.41, 5.74) is 0.865. The van der Waals surface area contributed by atoms with E-state index in [1.54, 1.807) is 6.92 Å². The maximum absolute atomic E-state index is 12.0. The maximum Gasteiger partial charge on any atom is 0.335 e. The van der Waals surface area contributed by atoms with Crippen molar-refractivity contribution in [3.8, 4) is 0 Å². The highest BCUT2D eigenvalue weighted by atomic mass is 16.7. The number of β-lactam (4-membered cyclic amide) rings is 1. The summed E-state index contributed by atoms with van der Waals surface area (Å²) in [7, 11) is 0. The van der Waals surface area contributed by atoms with Gasteiger partial charge in [-0.2, -0.15) is 5.06 Å². The first-order valence-corrected chi connectivity index (χ1v) is 6.88. The molecule has 1 aromatic rings. The largest absolute Gasteiger partial charge is 0.464 e. The van der Waals surface area contributed by atoms with Crippen LogP contribution < -0.4 is 0 Å². The minimum absolute atomic E-state index is 0.156. The maximum atomic E-state index is 12.0. The van der Waals surface area contributed by atoms with Crippen molar-refractivity contribution in [1.29, 1.82) is 0 Å². The third-order valence-corrected chi connectivity index (χ3v) is 3.03. The average molecular weight is 307 g/mol. The van der Waals surface area contributed by atoms with Gasteiger partial charge >= 0.3 is 11.9 Å². The second-order valence-corrected chi connectivity index (χ2v) is 4.66. The molecule has 0 aromatic heterocycles. The van der Waals surface area contributed by atoms with Gasteiger partial charge in [-0.3, -0.25) is 9.59 Å². The van der Waals surface area contributed by atoms with E-state index < -0.39 is 30.0 Å². The molecule has 1 amide bonds. The average Bonchev–Trinajstić information content (AvgIpc) is 2.50. The lowest BCUT2D eigenvalue weighted by Gasteiger charge is -2.41. The van der Waals surface area contributed by atoms with Gasteiger partial charge in [-0.25, -0.2) is 4.79 Å². The molecule has 0 aliphatic carbocycles. The van der Waals surface area contributed by atoms with Gasteiger partial charge in [0, 0.05) is 6.92 Å². The lowest BCUT2D eigenvalue weighted by molar-refractivity contribution is -0.254. The van der Waals surface area contributed by atoms with Crippen LogP contribution in [0.2, 0.25) is 0 Å². The van der Waals surface area contributed by atoms with E-state index in [-0.39, 0.29) is 13.2 Å².